The molecule has 0 atom stereocenters. The number of carbonyl (C=O) groups excluding carboxylic acids is 1. The van der Waals surface area contributed by atoms with Crippen LogP contribution in [0.15, 0.2) is 39.5 Å². The van der Waals surface area contributed by atoms with E-state index >= 15 is 0 Å². The fraction of sp³-hybridized carbons (Fsp3) is 0.444. The highest BCUT2D eigenvalue weighted by Gasteiger charge is 2.27. The number of nitrogens with zero attached hydrogens (tertiary/aromatic N) is 1. The van der Waals surface area contributed by atoms with Crippen molar-refractivity contribution in [2.24, 2.45) is 0 Å². The van der Waals surface area contributed by atoms with Crippen LogP contribution in [0.2, 0.25) is 0 Å². The summed E-state index contributed by atoms with van der Waals surface area (Å²) in [5.74, 6) is -0.210. The molecule has 2 aromatic rings. The molecule has 6 heteroatoms. The smallest absolute Gasteiger partial charge is 0.349 e. The Bertz CT molecular complexity index is 753. The lowest BCUT2D eigenvalue weighted by Gasteiger charge is -2.34. The molecule has 5 nitrogen and oxygen atoms in total. The normalized spacial score (nSPS) is 15.0. The predicted molar refractivity (Wildman–Crippen MR) is 97.0 cm³/mol. The number of amides is 1. The number of nitrogens with one attached hydrogen (secondary N) is 1. The lowest BCUT2D eigenvalue weighted by Crippen LogP contribution is -2.47. The zero-order valence-electron chi connectivity index (χ0n) is 13.8. The number of piperidine rings is 1. The second-order valence-corrected chi connectivity index (χ2v) is 5.97. The van der Waals surface area contributed by atoms with E-state index in [1.54, 1.807) is 12.1 Å². The second kappa shape index (κ2) is 8.31. The fourth-order valence-electron chi connectivity index (χ4n) is 3.17. The van der Waals surface area contributed by atoms with E-state index in [4.69, 9.17) is 4.42 Å². The first-order valence-electron chi connectivity index (χ1n) is 8.25. The van der Waals surface area contributed by atoms with Crippen LogP contribution in [0.25, 0.3) is 11.0 Å². The summed E-state index contributed by atoms with van der Waals surface area (Å²) >= 11 is 0. The summed E-state index contributed by atoms with van der Waals surface area (Å²) in [6, 6.07) is 9.12. The molecule has 2 heterocycles. The number of benzene rings is 1. The minimum absolute atomic E-state index is 0. The molecular formula is C18H23ClN2O3. The van der Waals surface area contributed by atoms with Crippen molar-refractivity contribution in [1.29, 1.82) is 0 Å². The van der Waals surface area contributed by atoms with Crippen molar-refractivity contribution in [1.82, 2.24) is 10.2 Å². The third kappa shape index (κ3) is 3.79. The fourth-order valence-corrected chi connectivity index (χ4v) is 3.17. The lowest BCUT2D eigenvalue weighted by molar-refractivity contribution is 0.0638. The van der Waals surface area contributed by atoms with Gasteiger partial charge < -0.3 is 14.6 Å². The molecule has 1 aromatic carbocycles. The largest absolute Gasteiger partial charge is 0.422 e. The first kappa shape index (κ1) is 18.5. The molecule has 1 fully saturated rings. The zero-order chi connectivity index (χ0) is 16.2. The van der Waals surface area contributed by atoms with Gasteiger partial charge in [-0.05, 0) is 44.5 Å². The molecule has 1 aromatic heterocycles. The molecule has 130 valence electrons. The molecule has 0 spiro atoms. The average Bonchev–Trinajstić information content (AvgIpc) is 2.59. The van der Waals surface area contributed by atoms with E-state index in [1.165, 1.54) is 0 Å². The first-order chi connectivity index (χ1) is 11.2. The summed E-state index contributed by atoms with van der Waals surface area (Å²) < 4.78 is 5.31. The van der Waals surface area contributed by atoms with Gasteiger partial charge in [0.25, 0.3) is 5.91 Å². The van der Waals surface area contributed by atoms with E-state index in [0.29, 0.717) is 12.1 Å². The third-order valence-corrected chi connectivity index (χ3v) is 4.35. The highest BCUT2D eigenvalue weighted by atomic mass is 35.5. The molecule has 0 radical (unpaired) electrons. The van der Waals surface area contributed by atoms with Crippen molar-refractivity contribution in [3.8, 4) is 0 Å². The van der Waals surface area contributed by atoms with Gasteiger partial charge in [0.05, 0.1) is 0 Å². The van der Waals surface area contributed by atoms with Gasteiger partial charge >= 0.3 is 5.63 Å². The van der Waals surface area contributed by atoms with E-state index < -0.39 is 5.63 Å². The summed E-state index contributed by atoms with van der Waals surface area (Å²) in [5.41, 5.74) is 0.0948. The Morgan fingerprint density at radius 2 is 2.00 bits per heavy atom. The van der Waals surface area contributed by atoms with Gasteiger partial charge in [0.15, 0.2) is 0 Å². The van der Waals surface area contributed by atoms with E-state index in [-0.39, 0.29) is 29.9 Å². The number of halogens is 1. The Kier molecular flexibility index (Phi) is 6.40. The maximum absolute atomic E-state index is 12.9. The van der Waals surface area contributed by atoms with E-state index in [2.05, 4.69) is 5.32 Å². The Morgan fingerprint density at radius 1 is 1.29 bits per heavy atom. The quantitative estimate of drug-likeness (QED) is 0.861. The van der Waals surface area contributed by atoms with Crippen molar-refractivity contribution < 1.29 is 9.21 Å². The SMILES string of the molecule is CCCN(C(=O)c1cc2ccccc2oc1=O)C1CCNCC1.Cl. The van der Waals surface area contributed by atoms with Gasteiger partial charge in [-0.1, -0.05) is 25.1 Å². The van der Waals surface area contributed by atoms with Crippen molar-refractivity contribution in [2.75, 3.05) is 19.6 Å². The van der Waals surface area contributed by atoms with Gasteiger partial charge in [-0.15, -0.1) is 12.4 Å². The molecule has 1 N–H and O–H groups in total. The van der Waals surface area contributed by atoms with Gasteiger partial charge in [0.1, 0.15) is 11.1 Å². The third-order valence-electron chi connectivity index (χ3n) is 4.35. The summed E-state index contributed by atoms with van der Waals surface area (Å²) in [7, 11) is 0. The summed E-state index contributed by atoms with van der Waals surface area (Å²) in [6.07, 6.45) is 2.71. The van der Waals surface area contributed by atoms with Crippen LogP contribution in [-0.4, -0.2) is 36.5 Å². The number of hydrogen-bond donors (Lipinski definition) is 1. The van der Waals surface area contributed by atoms with Crippen LogP contribution in [0.1, 0.15) is 36.5 Å². The Morgan fingerprint density at radius 3 is 2.71 bits per heavy atom. The Balaban J connectivity index is 0.00000208. The van der Waals surface area contributed by atoms with Crippen LogP contribution in [-0.2, 0) is 0 Å². The molecular weight excluding hydrogens is 328 g/mol. The number of rotatable bonds is 4. The number of para-hydroxylation sites is 1. The van der Waals surface area contributed by atoms with Crippen LogP contribution < -0.4 is 10.9 Å². The maximum atomic E-state index is 12.9. The highest BCUT2D eigenvalue weighted by Crippen LogP contribution is 2.18. The van der Waals surface area contributed by atoms with Crippen LogP contribution in [0, 0.1) is 0 Å². The van der Waals surface area contributed by atoms with E-state index in [1.807, 2.05) is 30.0 Å². The van der Waals surface area contributed by atoms with Crippen LogP contribution in [0.4, 0.5) is 0 Å². The number of carbonyl (C=O) groups is 1. The molecule has 0 saturated carbocycles. The lowest BCUT2D eigenvalue weighted by atomic mass is 10.0. The standard InChI is InChI=1S/C18H22N2O3.ClH/c1-2-11-20(14-7-9-19-10-8-14)17(21)15-12-13-5-3-4-6-16(13)23-18(15)22;/h3-6,12,14,19H,2,7-11H2,1H3;1H. The molecule has 24 heavy (non-hydrogen) atoms. The molecule has 0 aliphatic carbocycles. The molecule has 1 amide bonds. The minimum atomic E-state index is -0.552. The molecule has 1 saturated heterocycles. The zero-order valence-corrected chi connectivity index (χ0v) is 14.6. The van der Waals surface area contributed by atoms with Crippen molar-refractivity contribution >= 4 is 29.3 Å². The first-order valence-corrected chi connectivity index (χ1v) is 8.25. The second-order valence-electron chi connectivity index (χ2n) is 5.97. The van der Waals surface area contributed by atoms with Crippen molar-refractivity contribution in [3.63, 3.8) is 0 Å². The van der Waals surface area contributed by atoms with Crippen LogP contribution >= 0.6 is 12.4 Å². The maximum Gasteiger partial charge on any atom is 0.349 e. The minimum Gasteiger partial charge on any atom is -0.422 e. The monoisotopic (exact) mass is 350 g/mol. The topological polar surface area (TPSA) is 62.6 Å². The summed E-state index contributed by atoms with van der Waals surface area (Å²) in [5, 5.41) is 4.08. The van der Waals surface area contributed by atoms with Gasteiger partial charge in [-0.3, -0.25) is 4.79 Å². The molecule has 0 bridgehead atoms. The van der Waals surface area contributed by atoms with Gasteiger partial charge in [-0.2, -0.15) is 0 Å². The highest BCUT2D eigenvalue weighted by molar-refractivity contribution is 5.96. The molecule has 0 unspecified atom stereocenters. The predicted octanol–water partition coefficient (Wildman–Crippen LogP) is 2.82. The van der Waals surface area contributed by atoms with Crippen molar-refractivity contribution in [3.05, 3.63) is 46.3 Å². The Labute approximate surface area is 147 Å². The van der Waals surface area contributed by atoms with Gasteiger partial charge in [0, 0.05) is 18.0 Å². The summed E-state index contributed by atoms with van der Waals surface area (Å²) in [4.78, 5) is 27.0. The van der Waals surface area contributed by atoms with Crippen molar-refractivity contribution in [2.45, 2.75) is 32.2 Å². The molecule has 1 aliphatic heterocycles. The van der Waals surface area contributed by atoms with Gasteiger partial charge in [-0.25, -0.2) is 4.79 Å². The van der Waals surface area contributed by atoms with E-state index in [0.717, 1.165) is 37.7 Å². The van der Waals surface area contributed by atoms with E-state index in [9.17, 15) is 9.59 Å². The Hall–Kier alpha value is -1.85. The molecule has 3 rings (SSSR count). The van der Waals surface area contributed by atoms with Gasteiger partial charge in [0.2, 0.25) is 0 Å². The number of hydrogen-bond acceptors (Lipinski definition) is 4. The average molecular weight is 351 g/mol. The molecule has 1 aliphatic rings. The van der Waals surface area contributed by atoms with Crippen LogP contribution in [0.3, 0.4) is 0 Å². The number of fused-ring (bicyclic) bond motifs is 1. The summed E-state index contributed by atoms with van der Waals surface area (Å²) in [6.45, 7) is 4.52. The van der Waals surface area contributed by atoms with Crippen LogP contribution in [0.5, 0.6) is 0 Å².